The molecule has 80 valence electrons. The average Bonchev–Trinajstić information content (AvgIpc) is 2.71. The Morgan fingerprint density at radius 2 is 2.40 bits per heavy atom. The van der Waals surface area contributed by atoms with Crippen LogP contribution in [0.15, 0.2) is 12.1 Å². The molecule has 1 aromatic heterocycles. The molecular weight excluding hydrogens is 196 g/mol. The van der Waals surface area contributed by atoms with Crippen LogP contribution in [0.5, 0.6) is 0 Å². The molecule has 1 atom stereocenters. The average molecular weight is 208 g/mol. The van der Waals surface area contributed by atoms with Crippen molar-refractivity contribution in [3.8, 4) is 0 Å². The molecular formula is C9H12N4O2. The van der Waals surface area contributed by atoms with Crippen LogP contribution < -0.4 is 10.6 Å². The van der Waals surface area contributed by atoms with Gasteiger partial charge in [-0.25, -0.2) is 4.79 Å². The topological polar surface area (TPSA) is 87.1 Å². The molecule has 1 unspecified atom stereocenters. The highest BCUT2D eigenvalue weighted by atomic mass is 16.4. The summed E-state index contributed by atoms with van der Waals surface area (Å²) in [6.45, 7) is 1.90. The lowest BCUT2D eigenvalue weighted by Gasteiger charge is -2.10. The Kier molecular flexibility index (Phi) is 2.77. The number of carbonyl (C=O) groups is 1. The summed E-state index contributed by atoms with van der Waals surface area (Å²) in [4.78, 5) is 10.5. The third-order valence-electron chi connectivity index (χ3n) is 2.30. The highest BCUT2D eigenvalue weighted by Gasteiger charge is 2.14. The SMILES string of the molecule is O=C(O)c1ccc(NC2CCNC2)nn1. The third-order valence-corrected chi connectivity index (χ3v) is 2.30. The molecule has 1 aliphatic heterocycles. The van der Waals surface area contributed by atoms with Crippen molar-refractivity contribution in [2.45, 2.75) is 12.5 Å². The number of aromatic nitrogens is 2. The van der Waals surface area contributed by atoms with Crippen molar-refractivity contribution in [2.75, 3.05) is 18.4 Å². The zero-order valence-corrected chi connectivity index (χ0v) is 8.10. The lowest BCUT2D eigenvalue weighted by molar-refractivity contribution is 0.0689. The Balaban J connectivity index is 2.00. The van der Waals surface area contributed by atoms with Gasteiger partial charge in [0, 0.05) is 12.6 Å². The molecule has 0 aromatic carbocycles. The molecule has 3 N–H and O–H groups in total. The summed E-state index contributed by atoms with van der Waals surface area (Å²) in [5.74, 6) is -0.440. The van der Waals surface area contributed by atoms with Gasteiger partial charge >= 0.3 is 5.97 Å². The normalized spacial score (nSPS) is 20.1. The standard InChI is InChI=1S/C9H12N4O2/c14-9(15)7-1-2-8(13-12-7)11-6-3-4-10-5-6/h1-2,6,10H,3-5H2,(H,11,13)(H,14,15). The van der Waals surface area contributed by atoms with E-state index in [4.69, 9.17) is 5.11 Å². The smallest absolute Gasteiger partial charge is 0.356 e. The van der Waals surface area contributed by atoms with Crippen LogP contribution in [0.3, 0.4) is 0 Å². The van der Waals surface area contributed by atoms with Crippen molar-refractivity contribution in [2.24, 2.45) is 0 Å². The van der Waals surface area contributed by atoms with E-state index < -0.39 is 5.97 Å². The fourth-order valence-corrected chi connectivity index (χ4v) is 1.51. The zero-order chi connectivity index (χ0) is 10.7. The van der Waals surface area contributed by atoms with E-state index in [9.17, 15) is 4.79 Å². The van der Waals surface area contributed by atoms with Gasteiger partial charge in [0.05, 0.1) is 0 Å². The molecule has 1 fully saturated rings. The van der Waals surface area contributed by atoms with E-state index in [2.05, 4.69) is 20.8 Å². The molecule has 1 aromatic rings. The highest BCUT2D eigenvalue weighted by Crippen LogP contribution is 2.07. The Hall–Kier alpha value is -1.69. The number of hydrogen-bond donors (Lipinski definition) is 3. The van der Waals surface area contributed by atoms with E-state index >= 15 is 0 Å². The van der Waals surface area contributed by atoms with Crippen LogP contribution in [0, 0.1) is 0 Å². The van der Waals surface area contributed by atoms with Gasteiger partial charge in [-0.3, -0.25) is 0 Å². The Morgan fingerprint density at radius 1 is 1.53 bits per heavy atom. The Bertz CT molecular complexity index is 346. The summed E-state index contributed by atoms with van der Waals surface area (Å²) in [7, 11) is 0. The van der Waals surface area contributed by atoms with E-state index in [1.165, 1.54) is 6.07 Å². The van der Waals surface area contributed by atoms with E-state index in [-0.39, 0.29) is 5.69 Å². The number of nitrogens with zero attached hydrogens (tertiary/aromatic N) is 2. The molecule has 0 radical (unpaired) electrons. The highest BCUT2D eigenvalue weighted by molar-refractivity contribution is 5.85. The van der Waals surface area contributed by atoms with Gasteiger partial charge in [0.15, 0.2) is 5.69 Å². The van der Waals surface area contributed by atoms with Crippen LogP contribution in [0.4, 0.5) is 5.82 Å². The summed E-state index contributed by atoms with van der Waals surface area (Å²) >= 11 is 0. The monoisotopic (exact) mass is 208 g/mol. The van der Waals surface area contributed by atoms with E-state index in [1.54, 1.807) is 6.07 Å². The number of carboxylic acids is 1. The van der Waals surface area contributed by atoms with Crippen molar-refractivity contribution < 1.29 is 9.90 Å². The van der Waals surface area contributed by atoms with Gasteiger partial charge in [-0.15, -0.1) is 10.2 Å². The number of rotatable bonds is 3. The fourth-order valence-electron chi connectivity index (χ4n) is 1.51. The second-order valence-electron chi connectivity index (χ2n) is 3.44. The second kappa shape index (κ2) is 4.22. The quantitative estimate of drug-likeness (QED) is 0.645. The van der Waals surface area contributed by atoms with Gasteiger partial charge in [0.25, 0.3) is 0 Å². The van der Waals surface area contributed by atoms with E-state index in [0.717, 1.165) is 19.5 Å². The van der Waals surface area contributed by atoms with E-state index in [0.29, 0.717) is 11.9 Å². The summed E-state index contributed by atoms with van der Waals surface area (Å²) in [5.41, 5.74) is -0.0369. The predicted molar refractivity (Wildman–Crippen MR) is 53.9 cm³/mol. The lowest BCUT2D eigenvalue weighted by Crippen LogP contribution is -2.23. The number of nitrogens with one attached hydrogen (secondary N) is 2. The minimum absolute atomic E-state index is 0.0369. The first-order valence-electron chi connectivity index (χ1n) is 4.80. The summed E-state index contributed by atoms with van der Waals surface area (Å²) < 4.78 is 0. The van der Waals surface area contributed by atoms with Crippen LogP contribution in [0.25, 0.3) is 0 Å². The molecule has 6 nitrogen and oxygen atoms in total. The van der Waals surface area contributed by atoms with Crippen LogP contribution >= 0.6 is 0 Å². The molecule has 0 bridgehead atoms. The van der Waals surface area contributed by atoms with Gasteiger partial charge in [-0.2, -0.15) is 0 Å². The van der Waals surface area contributed by atoms with E-state index in [1.807, 2.05) is 0 Å². The maximum Gasteiger partial charge on any atom is 0.356 e. The minimum Gasteiger partial charge on any atom is -0.476 e. The minimum atomic E-state index is -1.06. The maximum absolute atomic E-state index is 10.5. The van der Waals surface area contributed by atoms with Crippen LogP contribution in [0.1, 0.15) is 16.9 Å². The van der Waals surface area contributed by atoms with Crippen LogP contribution in [-0.4, -0.2) is 40.4 Å². The zero-order valence-electron chi connectivity index (χ0n) is 8.10. The molecule has 0 aliphatic carbocycles. The molecule has 1 aliphatic rings. The second-order valence-corrected chi connectivity index (χ2v) is 3.44. The third kappa shape index (κ3) is 2.41. The lowest BCUT2D eigenvalue weighted by atomic mass is 10.2. The van der Waals surface area contributed by atoms with Gasteiger partial charge in [0.1, 0.15) is 5.82 Å². The predicted octanol–water partition coefficient (Wildman–Crippen LogP) is -0.0514. The molecule has 0 saturated carbocycles. The first kappa shape index (κ1) is 9.85. The molecule has 2 heterocycles. The van der Waals surface area contributed by atoms with Crippen molar-refractivity contribution in [3.05, 3.63) is 17.8 Å². The number of aromatic carboxylic acids is 1. The largest absolute Gasteiger partial charge is 0.476 e. The molecule has 2 rings (SSSR count). The Labute approximate surface area is 86.7 Å². The van der Waals surface area contributed by atoms with Gasteiger partial charge in [0.2, 0.25) is 0 Å². The molecule has 6 heteroatoms. The van der Waals surface area contributed by atoms with Crippen molar-refractivity contribution in [1.82, 2.24) is 15.5 Å². The Morgan fingerprint density at radius 3 is 2.93 bits per heavy atom. The maximum atomic E-state index is 10.5. The number of carboxylic acid groups (broad SMARTS) is 1. The summed E-state index contributed by atoms with van der Waals surface area (Å²) in [6.07, 6.45) is 1.04. The van der Waals surface area contributed by atoms with Gasteiger partial charge in [-0.1, -0.05) is 0 Å². The summed E-state index contributed by atoms with van der Waals surface area (Å²) in [6, 6.07) is 3.43. The first-order valence-corrected chi connectivity index (χ1v) is 4.80. The number of anilines is 1. The fraction of sp³-hybridized carbons (Fsp3) is 0.444. The van der Waals surface area contributed by atoms with Gasteiger partial charge < -0.3 is 15.7 Å². The summed E-state index contributed by atoms with van der Waals surface area (Å²) in [5, 5.41) is 22.4. The van der Waals surface area contributed by atoms with Crippen LogP contribution in [0.2, 0.25) is 0 Å². The number of hydrogen-bond acceptors (Lipinski definition) is 5. The molecule has 15 heavy (non-hydrogen) atoms. The molecule has 0 spiro atoms. The van der Waals surface area contributed by atoms with Crippen LogP contribution in [-0.2, 0) is 0 Å². The van der Waals surface area contributed by atoms with Gasteiger partial charge in [-0.05, 0) is 25.1 Å². The first-order chi connectivity index (χ1) is 7.25. The molecule has 1 saturated heterocycles. The van der Waals surface area contributed by atoms with Crippen molar-refractivity contribution in [3.63, 3.8) is 0 Å². The van der Waals surface area contributed by atoms with Crippen molar-refractivity contribution in [1.29, 1.82) is 0 Å². The molecule has 0 amide bonds. The van der Waals surface area contributed by atoms with Crippen molar-refractivity contribution >= 4 is 11.8 Å².